The van der Waals surface area contributed by atoms with Gasteiger partial charge in [-0.2, -0.15) is 0 Å². The second-order valence-corrected chi connectivity index (χ2v) is 15.7. The molecule has 8 aromatic carbocycles. The molecule has 0 atom stereocenters. The fourth-order valence-corrected chi connectivity index (χ4v) is 9.77. The number of nitrogens with zero attached hydrogens (tertiary/aromatic N) is 3. The fourth-order valence-electron chi connectivity index (χ4n) is 9.77. The first-order valence-electron chi connectivity index (χ1n) is 19.9. The summed E-state index contributed by atoms with van der Waals surface area (Å²) in [5, 5.41) is 0. The van der Waals surface area contributed by atoms with Crippen molar-refractivity contribution in [1.82, 2.24) is 0 Å². The van der Waals surface area contributed by atoms with Crippen LogP contribution in [0.5, 0.6) is 0 Å². The fraction of sp³-hybridized carbons (Fsp3) is 0.0566. The van der Waals surface area contributed by atoms with Gasteiger partial charge in [-0.05, 0) is 111 Å². The summed E-state index contributed by atoms with van der Waals surface area (Å²) in [6.07, 6.45) is 0. The minimum Gasteiger partial charge on any atom is -0.314 e. The molecule has 2 aliphatic heterocycles. The molecule has 57 heavy (non-hydrogen) atoms. The van der Waals surface area contributed by atoms with Crippen LogP contribution in [0.3, 0.4) is 0 Å². The SMILES string of the molecule is CC1(C)C2=C(B3c4ccc(N(c5ccccc5)c5ccccc5)cc4N(c4ccccc4)c4cccc(c43)N2c2cccc(-c3ccccc3)c2)c2ccccc21. The first kappa shape index (κ1) is 33.3. The van der Waals surface area contributed by atoms with Crippen molar-refractivity contribution in [1.29, 1.82) is 0 Å². The number of hydrogen-bond acceptors (Lipinski definition) is 3. The average Bonchev–Trinajstić information content (AvgIpc) is 3.51. The lowest BCUT2D eigenvalue weighted by Crippen LogP contribution is -2.55. The summed E-state index contributed by atoms with van der Waals surface area (Å²) in [6, 6.07) is 75.4. The van der Waals surface area contributed by atoms with E-state index in [1.807, 2.05) is 0 Å². The maximum Gasteiger partial charge on any atom is 0.252 e. The summed E-state index contributed by atoms with van der Waals surface area (Å²) in [5.41, 5.74) is 19.6. The van der Waals surface area contributed by atoms with Gasteiger partial charge in [-0.1, -0.05) is 147 Å². The monoisotopic (exact) mass is 729 g/mol. The van der Waals surface area contributed by atoms with E-state index in [4.69, 9.17) is 0 Å². The van der Waals surface area contributed by atoms with Gasteiger partial charge in [-0.25, -0.2) is 0 Å². The Balaban J connectivity index is 1.20. The molecule has 0 unspecified atom stereocenters. The number of rotatable bonds is 6. The van der Waals surface area contributed by atoms with Crippen LogP contribution in [-0.4, -0.2) is 6.71 Å². The molecule has 11 rings (SSSR count). The third-order valence-electron chi connectivity index (χ3n) is 12.2. The Hall–Kier alpha value is -7.04. The normalized spacial score (nSPS) is 14.5. The van der Waals surface area contributed by atoms with E-state index in [1.165, 1.54) is 67.1 Å². The maximum atomic E-state index is 2.59. The van der Waals surface area contributed by atoms with Crippen LogP contribution < -0.4 is 25.6 Å². The summed E-state index contributed by atoms with van der Waals surface area (Å²) in [6.45, 7) is 4.85. The zero-order valence-corrected chi connectivity index (χ0v) is 32.0. The quantitative estimate of drug-likeness (QED) is 0.158. The Morgan fingerprint density at radius 2 is 1.00 bits per heavy atom. The summed E-state index contributed by atoms with van der Waals surface area (Å²) >= 11 is 0. The van der Waals surface area contributed by atoms with Crippen LogP contribution in [0.1, 0.15) is 25.0 Å². The van der Waals surface area contributed by atoms with Gasteiger partial charge in [0.25, 0.3) is 6.71 Å². The Bertz CT molecular complexity index is 2790. The molecule has 0 N–H and O–H groups in total. The number of benzene rings is 8. The highest BCUT2D eigenvalue weighted by Gasteiger charge is 2.52. The van der Waals surface area contributed by atoms with E-state index in [0.29, 0.717) is 0 Å². The summed E-state index contributed by atoms with van der Waals surface area (Å²) in [7, 11) is 0. The van der Waals surface area contributed by atoms with Crippen LogP contribution in [0.4, 0.5) is 45.5 Å². The minimum atomic E-state index is -0.254. The van der Waals surface area contributed by atoms with E-state index in [9.17, 15) is 0 Å². The lowest BCUT2D eigenvalue weighted by molar-refractivity contribution is 0.626. The van der Waals surface area contributed by atoms with Crippen molar-refractivity contribution < 1.29 is 0 Å². The first-order valence-corrected chi connectivity index (χ1v) is 19.9. The second-order valence-electron chi connectivity index (χ2n) is 15.7. The number of allylic oxidation sites excluding steroid dienone is 1. The smallest absolute Gasteiger partial charge is 0.252 e. The summed E-state index contributed by atoms with van der Waals surface area (Å²) in [4.78, 5) is 7.46. The van der Waals surface area contributed by atoms with Crippen LogP contribution in [-0.2, 0) is 5.41 Å². The zero-order chi connectivity index (χ0) is 38.1. The van der Waals surface area contributed by atoms with E-state index in [1.54, 1.807) is 0 Å². The highest BCUT2D eigenvalue weighted by molar-refractivity contribution is 7.03. The van der Waals surface area contributed by atoms with Gasteiger partial charge in [0, 0.05) is 56.6 Å². The molecule has 0 bridgehead atoms. The predicted molar refractivity (Wildman–Crippen MR) is 241 cm³/mol. The molecule has 0 saturated heterocycles. The maximum absolute atomic E-state index is 2.59. The molecule has 0 aromatic heterocycles. The molecular formula is C53H40BN3. The number of fused-ring (bicyclic) bond motifs is 5. The highest BCUT2D eigenvalue weighted by Crippen LogP contribution is 2.56. The van der Waals surface area contributed by atoms with Crippen molar-refractivity contribution in [2.24, 2.45) is 0 Å². The minimum absolute atomic E-state index is 0.0218. The van der Waals surface area contributed by atoms with Gasteiger partial charge in [0.05, 0.1) is 0 Å². The van der Waals surface area contributed by atoms with Crippen molar-refractivity contribution in [2.45, 2.75) is 19.3 Å². The Kier molecular flexibility index (Phi) is 7.62. The van der Waals surface area contributed by atoms with Gasteiger partial charge < -0.3 is 14.7 Å². The lowest BCUT2D eigenvalue weighted by Gasteiger charge is -2.46. The van der Waals surface area contributed by atoms with Gasteiger partial charge in [0.1, 0.15) is 0 Å². The first-order chi connectivity index (χ1) is 28.1. The molecule has 0 radical (unpaired) electrons. The largest absolute Gasteiger partial charge is 0.314 e. The van der Waals surface area contributed by atoms with Gasteiger partial charge >= 0.3 is 0 Å². The molecule has 1 aliphatic carbocycles. The molecule has 4 heteroatoms. The van der Waals surface area contributed by atoms with E-state index in [2.05, 4.69) is 235 Å². The van der Waals surface area contributed by atoms with Crippen LogP contribution >= 0.6 is 0 Å². The van der Waals surface area contributed by atoms with Crippen molar-refractivity contribution in [3.05, 3.63) is 223 Å². The third-order valence-corrected chi connectivity index (χ3v) is 12.2. The van der Waals surface area contributed by atoms with E-state index >= 15 is 0 Å². The summed E-state index contributed by atoms with van der Waals surface area (Å²) in [5.74, 6) is 0. The number of anilines is 8. The number of hydrogen-bond donors (Lipinski definition) is 0. The van der Waals surface area contributed by atoms with Gasteiger partial charge in [-0.3, -0.25) is 0 Å². The van der Waals surface area contributed by atoms with Crippen molar-refractivity contribution in [2.75, 3.05) is 14.7 Å². The van der Waals surface area contributed by atoms with Crippen LogP contribution in [0.25, 0.3) is 16.6 Å². The predicted octanol–water partition coefficient (Wildman–Crippen LogP) is 12.6. The summed E-state index contributed by atoms with van der Waals surface area (Å²) < 4.78 is 0. The molecule has 3 nitrogen and oxygen atoms in total. The zero-order valence-electron chi connectivity index (χ0n) is 32.0. The lowest BCUT2D eigenvalue weighted by atomic mass is 9.32. The molecule has 2 heterocycles. The van der Waals surface area contributed by atoms with Crippen molar-refractivity contribution >= 4 is 68.6 Å². The molecule has 0 amide bonds. The standard InChI is InChI=1S/C53H40BN3/c1-53(2)45-30-16-15-29-44(45)50-52(53)57(42-28-17-21-38(35-42)37-19-7-3-8-20-37)48-32-18-31-47-51(48)54(50)46-34-33-43(36-49(46)56(47)41-26-13-6-14-27-41)55(39-22-9-4-10-23-39)40-24-11-5-12-25-40/h3-36H,1-2H3. The van der Waals surface area contributed by atoms with Crippen molar-refractivity contribution in [3.8, 4) is 11.1 Å². The third kappa shape index (κ3) is 5.14. The molecule has 3 aliphatic rings. The van der Waals surface area contributed by atoms with Gasteiger partial charge in [-0.15, -0.1) is 0 Å². The molecular weight excluding hydrogens is 689 g/mol. The second kappa shape index (κ2) is 13.0. The van der Waals surface area contributed by atoms with E-state index < -0.39 is 0 Å². The Morgan fingerprint density at radius 1 is 0.439 bits per heavy atom. The van der Waals surface area contributed by atoms with Crippen LogP contribution in [0.2, 0.25) is 0 Å². The highest BCUT2D eigenvalue weighted by atomic mass is 15.2. The van der Waals surface area contributed by atoms with Crippen LogP contribution in [0, 0.1) is 0 Å². The van der Waals surface area contributed by atoms with Crippen LogP contribution in [0.15, 0.2) is 212 Å². The number of para-hydroxylation sites is 3. The molecule has 270 valence electrons. The van der Waals surface area contributed by atoms with E-state index in [-0.39, 0.29) is 12.1 Å². The average molecular weight is 730 g/mol. The molecule has 0 fully saturated rings. The topological polar surface area (TPSA) is 9.72 Å². The molecule has 8 aromatic rings. The molecule has 0 saturated carbocycles. The van der Waals surface area contributed by atoms with Gasteiger partial charge in [0.15, 0.2) is 0 Å². The Labute approximate surface area is 335 Å². The Morgan fingerprint density at radius 3 is 1.70 bits per heavy atom. The van der Waals surface area contributed by atoms with Crippen molar-refractivity contribution in [3.63, 3.8) is 0 Å². The van der Waals surface area contributed by atoms with E-state index in [0.717, 1.165) is 22.7 Å². The molecule has 0 spiro atoms. The van der Waals surface area contributed by atoms with Gasteiger partial charge in [0.2, 0.25) is 0 Å².